The van der Waals surface area contributed by atoms with Gasteiger partial charge in [-0.15, -0.1) is 0 Å². The Bertz CT molecular complexity index is 317. The van der Waals surface area contributed by atoms with Crippen molar-refractivity contribution in [3.8, 4) is 6.07 Å². The molecule has 0 radical (unpaired) electrons. The maximum absolute atomic E-state index is 12.9. The molecule has 0 heterocycles. The smallest absolute Gasteiger partial charge is 0.143 e. The SMILES string of the molecule is CNNc1ccc(C#N)c(F)c1. The van der Waals surface area contributed by atoms with Gasteiger partial charge in [0.15, 0.2) is 0 Å². The third-order valence-electron chi connectivity index (χ3n) is 1.36. The van der Waals surface area contributed by atoms with Gasteiger partial charge in [-0.1, -0.05) is 0 Å². The van der Waals surface area contributed by atoms with E-state index in [0.717, 1.165) is 0 Å². The van der Waals surface area contributed by atoms with Gasteiger partial charge in [-0.05, 0) is 18.2 Å². The van der Waals surface area contributed by atoms with Crippen LogP contribution in [0.25, 0.3) is 0 Å². The number of nitrogens with zero attached hydrogens (tertiary/aromatic N) is 1. The van der Waals surface area contributed by atoms with E-state index < -0.39 is 5.82 Å². The van der Waals surface area contributed by atoms with Crippen molar-refractivity contribution in [3.63, 3.8) is 0 Å². The van der Waals surface area contributed by atoms with Crippen molar-refractivity contribution in [2.24, 2.45) is 0 Å². The number of hydrogen-bond acceptors (Lipinski definition) is 3. The highest BCUT2D eigenvalue weighted by molar-refractivity contribution is 5.47. The van der Waals surface area contributed by atoms with Crippen LogP contribution in [0.1, 0.15) is 5.56 Å². The zero-order valence-corrected chi connectivity index (χ0v) is 6.56. The van der Waals surface area contributed by atoms with Crippen molar-refractivity contribution < 1.29 is 4.39 Å². The maximum Gasteiger partial charge on any atom is 0.143 e. The molecule has 0 aliphatic carbocycles. The standard InChI is InChI=1S/C8H8FN3/c1-11-12-7-3-2-6(5-10)8(9)4-7/h2-4,11-12H,1H3. The summed E-state index contributed by atoms with van der Waals surface area (Å²) in [6.45, 7) is 0. The molecule has 1 aromatic rings. The Morgan fingerprint density at radius 2 is 2.25 bits per heavy atom. The first-order valence-corrected chi connectivity index (χ1v) is 3.40. The van der Waals surface area contributed by atoms with Gasteiger partial charge in [0.2, 0.25) is 0 Å². The minimum absolute atomic E-state index is 0.0525. The maximum atomic E-state index is 12.9. The second kappa shape index (κ2) is 3.69. The van der Waals surface area contributed by atoms with Crippen molar-refractivity contribution in [1.82, 2.24) is 5.43 Å². The summed E-state index contributed by atoms with van der Waals surface area (Å²) in [6.07, 6.45) is 0. The highest BCUT2D eigenvalue weighted by Crippen LogP contribution is 2.12. The number of hydrazine groups is 1. The predicted molar refractivity (Wildman–Crippen MR) is 43.8 cm³/mol. The highest BCUT2D eigenvalue weighted by atomic mass is 19.1. The van der Waals surface area contributed by atoms with Crippen LogP contribution in [0.3, 0.4) is 0 Å². The van der Waals surface area contributed by atoms with Crippen LogP contribution in [0.4, 0.5) is 10.1 Å². The minimum Gasteiger partial charge on any atom is -0.322 e. The molecule has 12 heavy (non-hydrogen) atoms. The lowest BCUT2D eigenvalue weighted by molar-refractivity contribution is 0.624. The van der Waals surface area contributed by atoms with Gasteiger partial charge < -0.3 is 5.43 Å². The number of anilines is 1. The normalized spacial score (nSPS) is 9.08. The summed E-state index contributed by atoms with van der Waals surface area (Å²) in [5.74, 6) is -0.516. The van der Waals surface area contributed by atoms with Crippen molar-refractivity contribution >= 4 is 5.69 Å². The van der Waals surface area contributed by atoms with Crippen LogP contribution in [0.2, 0.25) is 0 Å². The fourth-order valence-electron chi connectivity index (χ4n) is 0.828. The van der Waals surface area contributed by atoms with Crippen molar-refractivity contribution in [2.45, 2.75) is 0 Å². The molecule has 0 bridgehead atoms. The van der Waals surface area contributed by atoms with E-state index >= 15 is 0 Å². The molecule has 4 heteroatoms. The second-order valence-corrected chi connectivity index (χ2v) is 2.18. The average Bonchev–Trinajstić information content (AvgIpc) is 2.05. The van der Waals surface area contributed by atoms with E-state index in [1.807, 2.05) is 0 Å². The summed E-state index contributed by atoms with van der Waals surface area (Å²) >= 11 is 0. The molecule has 0 aliphatic rings. The van der Waals surface area contributed by atoms with E-state index in [-0.39, 0.29) is 5.56 Å². The minimum atomic E-state index is -0.516. The fourth-order valence-corrected chi connectivity index (χ4v) is 0.828. The topological polar surface area (TPSA) is 47.8 Å². The Balaban J connectivity index is 2.96. The average molecular weight is 165 g/mol. The van der Waals surface area contributed by atoms with Gasteiger partial charge in [0.05, 0.1) is 11.3 Å². The molecular formula is C8H8FN3. The molecule has 0 aliphatic heterocycles. The summed E-state index contributed by atoms with van der Waals surface area (Å²) in [5, 5.41) is 8.41. The van der Waals surface area contributed by atoms with Gasteiger partial charge in [-0.25, -0.2) is 9.82 Å². The van der Waals surface area contributed by atoms with E-state index in [0.29, 0.717) is 5.69 Å². The van der Waals surface area contributed by atoms with Crippen LogP contribution in [0, 0.1) is 17.1 Å². The molecule has 0 saturated carbocycles. The van der Waals surface area contributed by atoms with Crippen LogP contribution >= 0.6 is 0 Å². The number of benzene rings is 1. The first kappa shape index (κ1) is 8.50. The highest BCUT2D eigenvalue weighted by Gasteiger charge is 2.00. The number of halogens is 1. The Morgan fingerprint density at radius 3 is 2.75 bits per heavy atom. The lowest BCUT2D eigenvalue weighted by Gasteiger charge is -2.03. The van der Waals surface area contributed by atoms with E-state index in [1.165, 1.54) is 12.1 Å². The predicted octanol–water partition coefficient (Wildman–Crippen LogP) is 1.24. The second-order valence-electron chi connectivity index (χ2n) is 2.18. The third kappa shape index (κ3) is 1.71. The Kier molecular flexibility index (Phi) is 2.62. The lowest BCUT2D eigenvalue weighted by Crippen LogP contribution is -2.14. The third-order valence-corrected chi connectivity index (χ3v) is 1.36. The van der Waals surface area contributed by atoms with Crippen LogP contribution in [0.15, 0.2) is 18.2 Å². The van der Waals surface area contributed by atoms with E-state index in [9.17, 15) is 4.39 Å². The van der Waals surface area contributed by atoms with Gasteiger partial charge in [0, 0.05) is 7.05 Å². The molecular weight excluding hydrogens is 157 g/mol. The van der Waals surface area contributed by atoms with E-state index in [2.05, 4.69) is 10.9 Å². The van der Waals surface area contributed by atoms with Gasteiger partial charge in [0.25, 0.3) is 0 Å². The van der Waals surface area contributed by atoms with Gasteiger partial charge in [-0.2, -0.15) is 5.26 Å². The molecule has 0 aromatic heterocycles. The molecule has 0 atom stereocenters. The van der Waals surface area contributed by atoms with Gasteiger partial charge in [-0.3, -0.25) is 0 Å². The first-order chi connectivity index (χ1) is 5.77. The molecule has 0 fully saturated rings. The largest absolute Gasteiger partial charge is 0.322 e. The molecule has 0 spiro atoms. The number of hydrogen-bond donors (Lipinski definition) is 2. The molecule has 3 nitrogen and oxygen atoms in total. The van der Waals surface area contributed by atoms with Crippen LogP contribution < -0.4 is 10.9 Å². The van der Waals surface area contributed by atoms with Crippen LogP contribution in [0.5, 0.6) is 0 Å². The van der Waals surface area contributed by atoms with E-state index in [1.54, 1.807) is 19.2 Å². The zero-order valence-electron chi connectivity index (χ0n) is 6.56. The van der Waals surface area contributed by atoms with Gasteiger partial charge in [0.1, 0.15) is 11.9 Å². The molecule has 1 rings (SSSR count). The van der Waals surface area contributed by atoms with Crippen LogP contribution in [-0.2, 0) is 0 Å². The Hall–Kier alpha value is -1.60. The fraction of sp³-hybridized carbons (Fsp3) is 0.125. The molecule has 0 unspecified atom stereocenters. The molecule has 62 valence electrons. The number of rotatable bonds is 2. The molecule has 1 aromatic carbocycles. The first-order valence-electron chi connectivity index (χ1n) is 3.40. The zero-order chi connectivity index (χ0) is 8.97. The molecule has 0 saturated heterocycles. The Morgan fingerprint density at radius 1 is 1.50 bits per heavy atom. The summed E-state index contributed by atoms with van der Waals surface area (Å²) in [6, 6.07) is 6.05. The van der Waals surface area contributed by atoms with E-state index in [4.69, 9.17) is 5.26 Å². The lowest BCUT2D eigenvalue weighted by atomic mass is 10.2. The van der Waals surface area contributed by atoms with Crippen molar-refractivity contribution in [2.75, 3.05) is 12.5 Å². The summed E-state index contributed by atoms with van der Waals surface area (Å²) in [7, 11) is 1.68. The van der Waals surface area contributed by atoms with Crippen molar-refractivity contribution in [3.05, 3.63) is 29.6 Å². The molecule has 2 N–H and O–H groups in total. The monoisotopic (exact) mass is 165 g/mol. The van der Waals surface area contributed by atoms with Crippen molar-refractivity contribution in [1.29, 1.82) is 5.26 Å². The summed E-state index contributed by atoms with van der Waals surface area (Å²) in [4.78, 5) is 0. The molecule has 0 amide bonds. The Labute approximate surface area is 69.8 Å². The van der Waals surface area contributed by atoms with Crippen LogP contribution in [-0.4, -0.2) is 7.05 Å². The quantitative estimate of drug-likeness (QED) is 0.648. The number of nitriles is 1. The van der Waals surface area contributed by atoms with Gasteiger partial charge >= 0.3 is 0 Å². The number of nitrogens with one attached hydrogen (secondary N) is 2. The summed E-state index contributed by atoms with van der Waals surface area (Å²) < 4.78 is 12.9. The summed E-state index contributed by atoms with van der Waals surface area (Å²) in [5.41, 5.74) is 5.99.